The maximum Gasteiger partial charge on any atom is 0.324 e. The molecule has 0 spiro atoms. The summed E-state index contributed by atoms with van der Waals surface area (Å²) in [5, 5.41) is 13.3. The number of rotatable bonds is 11. The normalized spacial score (nSPS) is 11.2. The van der Waals surface area contributed by atoms with Crippen molar-refractivity contribution in [3.8, 4) is 17.2 Å². The quantitative estimate of drug-likeness (QED) is 0.199. The summed E-state index contributed by atoms with van der Waals surface area (Å²) in [5.74, 6) is 0.601. The Morgan fingerprint density at radius 1 is 1.00 bits per heavy atom. The van der Waals surface area contributed by atoms with Gasteiger partial charge in [-0.05, 0) is 54.7 Å². The molecule has 0 saturated heterocycles. The largest absolute Gasteiger partial charge is 0.324 e. The smallest absolute Gasteiger partial charge is 0.323 e. The Morgan fingerprint density at radius 3 is 2.40 bits per heavy atom. The van der Waals surface area contributed by atoms with Gasteiger partial charge in [0.15, 0.2) is 5.82 Å². The maximum absolute atomic E-state index is 13.7. The number of hydrogen-bond donors (Lipinski definition) is 0. The SMILES string of the molecule is CCCC(CCCN(C(=O)N(C)Cc1ccccc1)c1ccc(-c2cnn(C)c2)cc1)=Nc1ccc(C#N)cn1. The molecule has 0 fully saturated rings. The third kappa shape index (κ3) is 7.64. The molecule has 0 N–H and O–H groups in total. The molecule has 4 rings (SSSR count). The highest BCUT2D eigenvalue weighted by molar-refractivity contribution is 5.92. The number of carbonyl (C=O) groups excluding carboxylic acids is 1. The van der Waals surface area contributed by atoms with Gasteiger partial charge in [0, 0.05) is 56.5 Å². The van der Waals surface area contributed by atoms with Gasteiger partial charge in [-0.2, -0.15) is 10.4 Å². The molecule has 0 bridgehead atoms. The summed E-state index contributed by atoms with van der Waals surface area (Å²) in [4.78, 5) is 26.4. The van der Waals surface area contributed by atoms with E-state index in [2.05, 4.69) is 23.1 Å². The number of amides is 2. The molecule has 0 unspecified atom stereocenters. The standard InChI is InChI=1S/C32H35N7O/c1-4-9-29(36-31-18-13-26(20-33)21-34-31)12-8-19-39(32(40)37(2)23-25-10-6-5-7-11-25)30-16-14-27(15-17-30)28-22-35-38(3)24-28/h5-7,10-11,13-18,21-22,24H,4,8-9,12,19,23H2,1-3H3. The Labute approximate surface area is 236 Å². The fourth-order valence-electron chi connectivity index (χ4n) is 4.52. The van der Waals surface area contributed by atoms with Crippen LogP contribution in [-0.4, -0.2) is 45.0 Å². The molecule has 0 aliphatic heterocycles. The monoisotopic (exact) mass is 533 g/mol. The fraction of sp³-hybridized carbons (Fsp3) is 0.281. The van der Waals surface area contributed by atoms with Gasteiger partial charge in [-0.25, -0.2) is 14.8 Å². The van der Waals surface area contributed by atoms with E-state index in [1.165, 1.54) is 0 Å². The lowest BCUT2D eigenvalue weighted by Gasteiger charge is -2.29. The van der Waals surface area contributed by atoms with Gasteiger partial charge < -0.3 is 4.90 Å². The van der Waals surface area contributed by atoms with Crippen LogP contribution in [0.4, 0.5) is 16.3 Å². The van der Waals surface area contributed by atoms with Crippen LogP contribution in [0.3, 0.4) is 0 Å². The number of hydrogen-bond acceptors (Lipinski definition) is 5. The predicted octanol–water partition coefficient (Wildman–Crippen LogP) is 6.77. The van der Waals surface area contributed by atoms with E-state index >= 15 is 0 Å². The first-order valence-corrected chi connectivity index (χ1v) is 13.5. The van der Waals surface area contributed by atoms with Crippen molar-refractivity contribution in [1.29, 1.82) is 5.26 Å². The van der Waals surface area contributed by atoms with Gasteiger partial charge in [-0.1, -0.05) is 55.8 Å². The Balaban J connectivity index is 1.51. The molecule has 2 amide bonds. The molecular formula is C32H35N7O. The Hall–Kier alpha value is -4.77. The van der Waals surface area contributed by atoms with Crippen LogP contribution in [0.5, 0.6) is 0 Å². The molecule has 204 valence electrons. The summed E-state index contributed by atoms with van der Waals surface area (Å²) in [5.41, 5.74) is 5.56. The first-order chi connectivity index (χ1) is 19.5. The molecule has 2 heterocycles. The van der Waals surface area contributed by atoms with Gasteiger partial charge in [0.25, 0.3) is 0 Å². The van der Waals surface area contributed by atoms with Gasteiger partial charge in [-0.3, -0.25) is 9.58 Å². The van der Waals surface area contributed by atoms with Crippen molar-refractivity contribution < 1.29 is 4.79 Å². The predicted molar refractivity (Wildman–Crippen MR) is 159 cm³/mol. The lowest BCUT2D eigenvalue weighted by molar-refractivity contribution is 0.213. The van der Waals surface area contributed by atoms with E-state index in [4.69, 9.17) is 10.3 Å². The van der Waals surface area contributed by atoms with Crippen LogP contribution in [0.25, 0.3) is 11.1 Å². The first kappa shape index (κ1) is 28.2. The second kappa shape index (κ2) is 13.9. The van der Waals surface area contributed by atoms with Crippen LogP contribution in [-0.2, 0) is 13.6 Å². The highest BCUT2D eigenvalue weighted by Gasteiger charge is 2.20. The summed E-state index contributed by atoms with van der Waals surface area (Å²) >= 11 is 0. The van der Waals surface area contributed by atoms with Crippen molar-refractivity contribution in [3.05, 3.63) is 96.4 Å². The number of nitrogens with zero attached hydrogens (tertiary/aromatic N) is 7. The van der Waals surface area contributed by atoms with Crippen LogP contribution in [0.2, 0.25) is 0 Å². The maximum atomic E-state index is 13.7. The number of pyridine rings is 1. The molecule has 0 radical (unpaired) electrons. The van der Waals surface area contributed by atoms with Gasteiger partial charge in [-0.15, -0.1) is 0 Å². The van der Waals surface area contributed by atoms with E-state index in [9.17, 15) is 4.79 Å². The molecule has 8 heteroatoms. The number of aryl methyl sites for hydroxylation is 1. The molecule has 2 aromatic heterocycles. The molecule has 0 saturated carbocycles. The lowest BCUT2D eigenvalue weighted by Crippen LogP contribution is -2.41. The molecule has 2 aromatic carbocycles. The van der Waals surface area contributed by atoms with E-state index in [1.807, 2.05) is 86.0 Å². The minimum absolute atomic E-state index is 0.0549. The van der Waals surface area contributed by atoms with E-state index < -0.39 is 0 Å². The third-order valence-electron chi connectivity index (χ3n) is 6.57. The van der Waals surface area contributed by atoms with Crippen LogP contribution in [0.1, 0.15) is 43.7 Å². The van der Waals surface area contributed by atoms with Crippen molar-refractivity contribution in [1.82, 2.24) is 19.7 Å². The van der Waals surface area contributed by atoms with Crippen LogP contribution in [0, 0.1) is 11.3 Å². The number of benzene rings is 2. The van der Waals surface area contributed by atoms with Crippen LogP contribution in [0.15, 0.2) is 90.3 Å². The van der Waals surface area contributed by atoms with Crippen LogP contribution >= 0.6 is 0 Å². The fourth-order valence-corrected chi connectivity index (χ4v) is 4.52. The average molecular weight is 534 g/mol. The average Bonchev–Trinajstić information content (AvgIpc) is 3.42. The van der Waals surface area contributed by atoms with Crippen molar-refractivity contribution in [2.24, 2.45) is 12.0 Å². The third-order valence-corrected chi connectivity index (χ3v) is 6.57. The Morgan fingerprint density at radius 2 is 1.77 bits per heavy atom. The van der Waals surface area contributed by atoms with Gasteiger partial charge in [0.05, 0.1) is 11.8 Å². The van der Waals surface area contributed by atoms with Crippen molar-refractivity contribution in [2.45, 2.75) is 39.2 Å². The second-order valence-electron chi connectivity index (χ2n) is 9.77. The summed E-state index contributed by atoms with van der Waals surface area (Å²) in [7, 11) is 3.74. The first-order valence-electron chi connectivity index (χ1n) is 13.5. The van der Waals surface area contributed by atoms with Crippen molar-refractivity contribution in [2.75, 3.05) is 18.5 Å². The van der Waals surface area contributed by atoms with Crippen molar-refractivity contribution in [3.63, 3.8) is 0 Å². The highest BCUT2D eigenvalue weighted by Crippen LogP contribution is 2.24. The van der Waals surface area contributed by atoms with E-state index in [-0.39, 0.29) is 6.03 Å². The molecule has 0 aliphatic rings. The summed E-state index contributed by atoms with van der Waals surface area (Å²) < 4.78 is 1.78. The number of carbonyl (C=O) groups is 1. The van der Waals surface area contributed by atoms with E-state index in [0.717, 1.165) is 53.8 Å². The van der Waals surface area contributed by atoms with Gasteiger partial charge in [0.2, 0.25) is 0 Å². The zero-order valence-electron chi connectivity index (χ0n) is 23.4. The Kier molecular flexibility index (Phi) is 9.78. The molecule has 0 aliphatic carbocycles. The number of aliphatic imine (C=N–C) groups is 1. The minimum atomic E-state index is -0.0549. The minimum Gasteiger partial charge on any atom is -0.323 e. The zero-order chi connectivity index (χ0) is 28.3. The molecular weight excluding hydrogens is 498 g/mol. The number of nitriles is 1. The van der Waals surface area contributed by atoms with E-state index in [1.54, 1.807) is 27.9 Å². The van der Waals surface area contributed by atoms with Crippen LogP contribution < -0.4 is 4.90 Å². The highest BCUT2D eigenvalue weighted by atomic mass is 16.2. The van der Waals surface area contributed by atoms with Crippen molar-refractivity contribution >= 4 is 23.2 Å². The molecule has 0 atom stereocenters. The lowest BCUT2D eigenvalue weighted by atomic mass is 10.1. The summed E-state index contributed by atoms with van der Waals surface area (Å²) in [6.45, 7) is 3.20. The number of urea groups is 1. The molecule has 8 nitrogen and oxygen atoms in total. The zero-order valence-corrected chi connectivity index (χ0v) is 23.4. The number of anilines is 1. The Bertz CT molecular complexity index is 1450. The molecule has 40 heavy (non-hydrogen) atoms. The van der Waals surface area contributed by atoms with Gasteiger partial charge in [0.1, 0.15) is 6.07 Å². The summed E-state index contributed by atoms with van der Waals surface area (Å²) in [6, 6.07) is 23.6. The number of aromatic nitrogens is 3. The summed E-state index contributed by atoms with van der Waals surface area (Å²) in [6.07, 6.45) is 8.67. The van der Waals surface area contributed by atoms with E-state index in [0.29, 0.717) is 24.5 Å². The molecule has 4 aromatic rings. The van der Waals surface area contributed by atoms with Gasteiger partial charge >= 0.3 is 6.03 Å². The topological polar surface area (TPSA) is 90.4 Å². The second-order valence-corrected chi connectivity index (χ2v) is 9.77.